The molecule has 0 aliphatic heterocycles. The van der Waals surface area contributed by atoms with Gasteiger partial charge in [-0.1, -0.05) is 133 Å². The number of fused-ring (bicyclic) bond motifs is 2. The molecule has 0 fully saturated rings. The van der Waals surface area contributed by atoms with Crippen molar-refractivity contribution in [1.29, 1.82) is 0 Å². The minimum Gasteiger partial charge on any atom is -0.355 e. The number of nitrogens with zero attached hydrogens (tertiary/aromatic N) is 1. The highest BCUT2D eigenvalue weighted by atomic mass is 15.1. The van der Waals surface area contributed by atoms with Gasteiger partial charge in [0.15, 0.2) is 0 Å². The van der Waals surface area contributed by atoms with Crippen LogP contribution in [0.3, 0.4) is 0 Å². The molecule has 2 heteroatoms. The minimum absolute atomic E-state index is 1.02. The monoisotopic (exact) mass is 588 g/mol. The lowest BCUT2D eigenvalue weighted by atomic mass is 9.86. The maximum absolute atomic E-state index is 3.72. The molecule has 0 saturated heterocycles. The molecule has 8 aromatic rings. The standard InChI is InChI=1S/C44H32N2/c1-5-17-32(18-6-1)43-39-25-13-15-27-41(39)44(42-28-16-14-26-40(42)43)33-29-35(45-34-19-7-2-8-20-34)31-38(30-33)46(36-21-9-3-10-22-36)37-23-11-4-12-24-37/h1-31,45H. The van der Waals surface area contributed by atoms with E-state index in [1.54, 1.807) is 0 Å². The summed E-state index contributed by atoms with van der Waals surface area (Å²) in [7, 11) is 0. The fourth-order valence-corrected chi connectivity index (χ4v) is 6.60. The van der Waals surface area contributed by atoms with Gasteiger partial charge in [-0.05, 0) is 98.4 Å². The highest BCUT2D eigenvalue weighted by Crippen LogP contribution is 2.46. The second kappa shape index (κ2) is 12.1. The minimum atomic E-state index is 1.02. The molecule has 8 aromatic carbocycles. The largest absolute Gasteiger partial charge is 0.355 e. The number of nitrogens with one attached hydrogen (secondary N) is 1. The van der Waals surface area contributed by atoms with Gasteiger partial charge >= 0.3 is 0 Å². The molecule has 0 spiro atoms. The van der Waals surface area contributed by atoms with Gasteiger partial charge in [0.25, 0.3) is 0 Å². The van der Waals surface area contributed by atoms with E-state index in [0.717, 1.165) is 34.0 Å². The molecular formula is C44H32N2. The third kappa shape index (κ3) is 5.16. The second-order valence-corrected chi connectivity index (χ2v) is 11.5. The molecule has 8 rings (SSSR count). The Bertz CT molecular complexity index is 2170. The zero-order valence-corrected chi connectivity index (χ0v) is 25.3. The third-order valence-corrected chi connectivity index (χ3v) is 8.55. The van der Waals surface area contributed by atoms with Crippen LogP contribution in [0.15, 0.2) is 188 Å². The molecule has 0 radical (unpaired) electrons. The van der Waals surface area contributed by atoms with Gasteiger partial charge in [0.2, 0.25) is 0 Å². The van der Waals surface area contributed by atoms with Gasteiger partial charge in [-0.2, -0.15) is 0 Å². The van der Waals surface area contributed by atoms with Gasteiger partial charge in [0, 0.05) is 28.4 Å². The van der Waals surface area contributed by atoms with Crippen molar-refractivity contribution in [3.05, 3.63) is 188 Å². The molecule has 0 saturated carbocycles. The molecule has 0 unspecified atom stereocenters. The van der Waals surface area contributed by atoms with Crippen LogP contribution in [0.5, 0.6) is 0 Å². The molecule has 46 heavy (non-hydrogen) atoms. The van der Waals surface area contributed by atoms with Gasteiger partial charge in [-0.3, -0.25) is 0 Å². The molecule has 1 N–H and O–H groups in total. The van der Waals surface area contributed by atoms with E-state index in [1.165, 1.54) is 38.2 Å². The highest BCUT2D eigenvalue weighted by Gasteiger charge is 2.19. The van der Waals surface area contributed by atoms with E-state index in [1.807, 2.05) is 6.07 Å². The predicted molar refractivity (Wildman–Crippen MR) is 197 cm³/mol. The van der Waals surface area contributed by atoms with E-state index in [-0.39, 0.29) is 0 Å². The topological polar surface area (TPSA) is 15.3 Å². The van der Waals surface area contributed by atoms with Crippen LogP contribution in [0, 0.1) is 0 Å². The molecular weight excluding hydrogens is 556 g/mol. The van der Waals surface area contributed by atoms with E-state index >= 15 is 0 Å². The Balaban J connectivity index is 1.44. The van der Waals surface area contributed by atoms with Crippen molar-refractivity contribution in [2.45, 2.75) is 0 Å². The normalized spacial score (nSPS) is 11.0. The van der Waals surface area contributed by atoms with E-state index in [2.05, 4.69) is 192 Å². The zero-order valence-electron chi connectivity index (χ0n) is 25.3. The van der Waals surface area contributed by atoms with Crippen LogP contribution in [0.2, 0.25) is 0 Å². The number of hydrogen-bond donors (Lipinski definition) is 1. The van der Waals surface area contributed by atoms with Crippen LogP contribution in [0.1, 0.15) is 0 Å². The molecule has 0 bridgehead atoms. The van der Waals surface area contributed by atoms with Crippen LogP contribution >= 0.6 is 0 Å². The maximum Gasteiger partial charge on any atom is 0.0488 e. The van der Waals surface area contributed by atoms with Crippen molar-refractivity contribution in [2.75, 3.05) is 10.2 Å². The van der Waals surface area contributed by atoms with Crippen molar-refractivity contribution < 1.29 is 0 Å². The Morgan fingerprint density at radius 3 is 1.22 bits per heavy atom. The summed E-state index contributed by atoms with van der Waals surface area (Å²) in [5.74, 6) is 0. The van der Waals surface area contributed by atoms with Crippen molar-refractivity contribution in [1.82, 2.24) is 0 Å². The molecule has 2 nitrogen and oxygen atoms in total. The molecule has 0 heterocycles. The number of rotatable bonds is 7. The van der Waals surface area contributed by atoms with Gasteiger partial charge in [-0.15, -0.1) is 0 Å². The smallest absolute Gasteiger partial charge is 0.0488 e. The van der Waals surface area contributed by atoms with Crippen molar-refractivity contribution in [3.63, 3.8) is 0 Å². The summed E-state index contributed by atoms with van der Waals surface area (Å²) in [6.45, 7) is 0. The molecule has 0 amide bonds. The predicted octanol–water partition coefficient (Wildman–Crippen LogP) is 12.5. The average molecular weight is 589 g/mol. The first kappa shape index (κ1) is 27.4. The molecule has 0 aliphatic rings. The number of anilines is 5. The Hall–Kier alpha value is -6.12. The highest BCUT2D eigenvalue weighted by molar-refractivity contribution is 6.21. The van der Waals surface area contributed by atoms with E-state index in [4.69, 9.17) is 0 Å². The lowest BCUT2D eigenvalue weighted by Crippen LogP contribution is -2.10. The maximum atomic E-state index is 3.72. The van der Waals surface area contributed by atoms with Crippen LogP contribution < -0.4 is 10.2 Å². The van der Waals surface area contributed by atoms with Crippen LogP contribution in [-0.2, 0) is 0 Å². The van der Waals surface area contributed by atoms with E-state index < -0.39 is 0 Å². The fourth-order valence-electron chi connectivity index (χ4n) is 6.60. The Kier molecular flexibility index (Phi) is 7.22. The van der Waals surface area contributed by atoms with Gasteiger partial charge in [0.05, 0.1) is 0 Å². The van der Waals surface area contributed by atoms with Crippen LogP contribution in [-0.4, -0.2) is 0 Å². The summed E-state index contributed by atoms with van der Waals surface area (Å²) in [5.41, 5.74) is 10.2. The van der Waals surface area contributed by atoms with Crippen molar-refractivity contribution >= 4 is 50.0 Å². The Labute approximate surface area is 269 Å². The van der Waals surface area contributed by atoms with Crippen molar-refractivity contribution in [3.8, 4) is 22.3 Å². The number of hydrogen-bond acceptors (Lipinski definition) is 2. The summed E-state index contributed by atoms with van der Waals surface area (Å²) in [6.07, 6.45) is 0. The first-order chi connectivity index (χ1) is 22.8. The quantitative estimate of drug-likeness (QED) is 0.186. The molecule has 0 atom stereocenters. The summed E-state index contributed by atoms with van der Waals surface area (Å²) < 4.78 is 0. The van der Waals surface area contributed by atoms with Crippen molar-refractivity contribution in [2.24, 2.45) is 0 Å². The molecule has 0 aliphatic carbocycles. The average Bonchev–Trinajstić information content (AvgIpc) is 3.12. The lowest BCUT2D eigenvalue weighted by molar-refractivity contribution is 1.28. The SMILES string of the molecule is c1ccc(Nc2cc(-c3c4ccccc4c(-c4ccccc4)c4ccccc34)cc(N(c3ccccc3)c3ccccc3)c2)cc1. The summed E-state index contributed by atoms with van der Waals surface area (Å²) in [5, 5.41) is 8.67. The van der Waals surface area contributed by atoms with E-state index in [9.17, 15) is 0 Å². The fraction of sp³-hybridized carbons (Fsp3) is 0. The Morgan fingerprint density at radius 2 is 0.717 bits per heavy atom. The Morgan fingerprint density at radius 1 is 0.304 bits per heavy atom. The first-order valence-electron chi connectivity index (χ1n) is 15.7. The second-order valence-electron chi connectivity index (χ2n) is 11.5. The lowest BCUT2D eigenvalue weighted by Gasteiger charge is -2.27. The summed E-state index contributed by atoms with van der Waals surface area (Å²) in [4.78, 5) is 2.34. The molecule has 0 aromatic heterocycles. The van der Waals surface area contributed by atoms with Crippen LogP contribution in [0.4, 0.5) is 28.4 Å². The number of benzene rings is 8. The van der Waals surface area contributed by atoms with Gasteiger partial charge in [0.1, 0.15) is 0 Å². The van der Waals surface area contributed by atoms with Gasteiger partial charge < -0.3 is 10.2 Å². The summed E-state index contributed by atoms with van der Waals surface area (Å²) >= 11 is 0. The van der Waals surface area contributed by atoms with Gasteiger partial charge in [-0.25, -0.2) is 0 Å². The summed E-state index contributed by atoms with van der Waals surface area (Å²) in [6, 6.07) is 66.9. The number of para-hydroxylation sites is 3. The molecule has 218 valence electrons. The third-order valence-electron chi connectivity index (χ3n) is 8.55. The first-order valence-corrected chi connectivity index (χ1v) is 15.7. The van der Waals surface area contributed by atoms with Crippen LogP contribution in [0.25, 0.3) is 43.8 Å². The zero-order chi connectivity index (χ0) is 30.7. The van der Waals surface area contributed by atoms with E-state index in [0.29, 0.717) is 0 Å².